The highest BCUT2D eigenvalue weighted by atomic mass is 16.2. The van der Waals surface area contributed by atoms with E-state index in [1.54, 1.807) is 17.4 Å². The smallest absolute Gasteiger partial charge is 0.228 e. The molecule has 1 aromatic rings. The van der Waals surface area contributed by atoms with Crippen LogP contribution in [0, 0.1) is 0 Å². The molecule has 0 aliphatic carbocycles. The molecule has 0 bridgehead atoms. The van der Waals surface area contributed by atoms with E-state index in [4.69, 9.17) is 0 Å². The van der Waals surface area contributed by atoms with Crippen LogP contribution in [0.4, 0.5) is 5.82 Å². The largest absolute Gasteiger partial charge is 0.320 e. The molecular formula is C8H11N3O. The van der Waals surface area contributed by atoms with Crippen LogP contribution in [0.2, 0.25) is 0 Å². The van der Waals surface area contributed by atoms with E-state index < -0.39 is 0 Å². The third-order valence-corrected chi connectivity index (χ3v) is 2.14. The molecule has 64 valence electrons. The molecule has 4 heteroatoms. The van der Waals surface area contributed by atoms with Gasteiger partial charge in [-0.25, -0.2) is 4.98 Å². The molecule has 1 amide bonds. The minimum atomic E-state index is 0.207. The van der Waals surface area contributed by atoms with Crippen LogP contribution in [0.15, 0.2) is 12.5 Å². The van der Waals surface area contributed by atoms with Crippen LogP contribution < -0.4 is 4.90 Å². The van der Waals surface area contributed by atoms with E-state index in [1.807, 2.05) is 11.6 Å². The first-order chi connectivity index (χ1) is 5.79. The van der Waals surface area contributed by atoms with Gasteiger partial charge in [0.2, 0.25) is 5.91 Å². The van der Waals surface area contributed by atoms with Crippen molar-refractivity contribution >= 4 is 11.7 Å². The van der Waals surface area contributed by atoms with Gasteiger partial charge in [0.15, 0.2) is 0 Å². The van der Waals surface area contributed by atoms with Gasteiger partial charge < -0.3 is 4.57 Å². The maximum absolute atomic E-state index is 11.3. The molecule has 1 fully saturated rings. The second-order valence-corrected chi connectivity index (χ2v) is 3.01. The molecule has 1 aromatic heterocycles. The number of carbonyl (C=O) groups excluding carboxylic acids is 1. The van der Waals surface area contributed by atoms with Crippen LogP contribution in [0.25, 0.3) is 0 Å². The summed E-state index contributed by atoms with van der Waals surface area (Å²) in [6.45, 7) is 0.832. The second-order valence-electron chi connectivity index (χ2n) is 3.01. The van der Waals surface area contributed by atoms with E-state index in [1.165, 1.54) is 0 Å². The SMILES string of the molecule is Cn1cncc1N1CCCC1=O. The highest BCUT2D eigenvalue weighted by Crippen LogP contribution is 2.19. The lowest BCUT2D eigenvalue weighted by molar-refractivity contribution is -0.117. The van der Waals surface area contributed by atoms with Crippen molar-refractivity contribution in [2.75, 3.05) is 11.4 Å². The van der Waals surface area contributed by atoms with Crippen LogP contribution >= 0.6 is 0 Å². The molecule has 2 heterocycles. The molecule has 1 saturated heterocycles. The third kappa shape index (κ3) is 0.995. The number of hydrogen-bond donors (Lipinski definition) is 0. The van der Waals surface area contributed by atoms with Gasteiger partial charge in [-0.3, -0.25) is 9.69 Å². The summed E-state index contributed by atoms with van der Waals surface area (Å²) >= 11 is 0. The Balaban J connectivity index is 2.30. The molecule has 0 atom stereocenters. The summed E-state index contributed by atoms with van der Waals surface area (Å²) in [5.41, 5.74) is 0. The minimum absolute atomic E-state index is 0.207. The number of aryl methyl sites for hydroxylation is 1. The van der Waals surface area contributed by atoms with E-state index in [-0.39, 0.29) is 5.91 Å². The first kappa shape index (κ1) is 7.34. The summed E-state index contributed by atoms with van der Waals surface area (Å²) in [5, 5.41) is 0. The topological polar surface area (TPSA) is 38.1 Å². The zero-order valence-corrected chi connectivity index (χ0v) is 7.03. The number of carbonyl (C=O) groups is 1. The van der Waals surface area contributed by atoms with Gasteiger partial charge in [0, 0.05) is 20.0 Å². The summed E-state index contributed by atoms with van der Waals surface area (Å²) in [4.78, 5) is 17.1. The standard InChI is InChI=1S/C8H11N3O/c1-10-6-9-5-7(10)11-4-2-3-8(11)12/h5-6H,2-4H2,1H3. The van der Waals surface area contributed by atoms with Gasteiger partial charge in [-0.15, -0.1) is 0 Å². The fraction of sp³-hybridized carbons (Fsp3) is 0.500. The molecule has 1 aliphatic heterocycles. The highest BCUT2D eigenvalue weighted by molar-refractivity contribution is 5.94. The molecule has 0 unspecified atom stereocenters. The summed E-state index contributed by atoms with van der Waals surface area (Å²) in [6.07, 6.45) is 5.07. The van der Waals surface area contributed by atoms with Crippen molar-refractivity contribution in [3.63, 3.8) is 0 Å². The molecule has 0 radical (unpaired) electrons. The van der Waals surface area contributed by atoms with Gasteiger partial charge in [0.1, 0.15) is 5.82 Å². The lowest BCUT2D eigenvalue weighted by Gasteiger charge is -2.14. The van der Waals surface area contributed by atoms with Crippen molar-refractivity contribution in [3.05, 3.63) is 12.5 Å². The highest BCUT2D eigenvalue weighted by Gasteiger charge is 2.23. The Morgan fingerprint density at radius 3 is 2.92 bits per heavy atom. The molecule has 0 aromatic carbocycles. The van der Waals surface area contributed by atoms with Crippen LogP contribution in [-0.2, 0) is 11.8 Å². The van der Waals surface area contributed by atoms with Gasteiger partial charge in [0.05, 0.1) is 12.5 Å². The molecule has 2 rings (SSSR count). The predicted molar refractivity (Wildman–Crippen MR) is 44.8 cm³/mol. The maximum atomic E-state index is 11.3. The Bertz CT molecular complexity index is 305. The van der Waals surface area contributed by atoms with Crippen LogP contribution in [0.1, 0.15) is 12.8 Å². The third-order valence-electron chi connectivity index (χ3n) is 2.14. The summed E-state index contributed by atoms with van der Waals surface area (Å²) in [6, 6.07) is 0. The van der Waals surface area contributed by atoms with Crippen molar-refractivity contribution in [2.45, 2.75) is 12.8 Å². The van der Waals surface area contributed by atoms with Gasteiger partial charge in [-0.1, -0.05) is 0 Å². The molecular weight excluding hydrogens is 154 g/mol. The molecule has 1 aliphatic rings. The number of amides is 1. The molecule has 4 nitrogen and oxygen atoms in total. The number of rotatable bonds is 1. The van der Waals surface area contributed by atoms with Crippen molar-refractivity contribution < 1.29 is 4.79 Å². The molecule has 12 heavy (non-hydrogen) atoms. The van der Waals surface area contributed by atoms with E-state index in [0.717, 1.165) is 18.8 Å². The van der Waals surface area contributed by atoms with Gasteiger partial charge in [0.25, 0.3) is 0 Å². The lowest BCUT2D eigenvalue weighted by atomic mass is 10.4. The Kier molecular flexibility index (Phi) is 1.60. The Labute approximate surface area is 70.8 Å². The first-order valence-corrected chi connectivity index (χ1v) is 4.06. The molecule has 0 N–H and O–H groups in total. The average Bonchev–Trinajstić information content (AvgIpc) is 2.59. The van der Waals surface area contributed by atoms with E-state index >= 15 is 0 Å². The summed E-state index contributed by atoms with van der Waals surface area (Å²) in [7, 11) is 1.90. The lowest BCUT2D eigenvalue weighted by Crippen LogP contribution is -2.25. The van der Waals surface area contributed by atoms with Crippen molar-refractivity contribution in [3.8, 4) is 0 Å². The van der Waals surface area contributed by atoms with Gasteiger partial charge >= 0.3 is 0 Å². The van der Waals surface area contributed by atoms with Gasteiger partial charge in [-0.05, 0) is 6.42 Å². The van der Waals surface area contributed by atoms with Gasteiger partial charge in [-0.2, -0.15) is 0 Å². The quantitative estimate of drug-likeness (QED) is 0.609. The van der Waals surface area contributed by atoms with E-state index in [0.29, 0.717) is 6.42 Å². The zero-order chi connectivity index (χ0) is 8.55. The van der Waals surface area contributed by atoms with E-state index in [2.05, 4.69) is 4.98 Å². The number of hydrogen-bond acceptors (Lipinski definition) is 2. The zero-order valence-electron chi connectivity index (χ0n) is 7.03. The van der Waals surface area contributed by atoms with E-state index in [9.17, 15) is 4.79 Å². The first-order valence-electron chi connectivity index (χ1n) is 4.06. The fourth-order valence-electron chi connectivity index (χ4n) is 1.50. The second kappa shape index (κ2) is 2.62. The number of imidazole rings is 1. The van der Waals surface area contributed by atoms with Crippen LogP contribution in [-0.4, -0.2) is 22.0 Å². The Morgan fingerprint density at radius 2 is 2.42 bits per heavy atom. The van der Waals surface area contributed by atoms with Crippen LogP contribution in [0.5, 0.6) is 0 Å². The summed E-state index contributed by atoms with van der Waals surface area (Å²) < 4.78 is 1.86. The number of nitrogens with zero attached hydrogens (tertiary/aromatic N) is 3. The number of aromatic nitrogens is 2. The summed E-state index contributed by atoms with van der Waals surface area (Å²) in [5.74, 6) is 1.11. The van der Waals surface area contributed by atoms with Crippen molar-refractivity contribution in [1.29, 1.82) is 0 Å². The normalized spacial score (nSPS) is 17.4. The Hall–Kier alpha value is -1.32. The predicted octanol–water partition coefficient (Wildman–Crippen LogP) is 0.547. The van der Waals surface area contributed by atoms with Crippen molar-refractivity contribution in [1.82, 2.24) is 9.55 Å². The Morgan fingerprint density at radius 1 is 1.58 bits per heavy atom. The minimum Gasteiger partial charge on any atom is -0.320 e. The number of anilines is 1. The average molecular weight is 165 g/mol. The monoisotopic (exact) mass is 165 g/mol. The molecule has 0 saturated carbocycles. The van der Waals surface area contributed by atoms with Crippen LogP contribution in [0.3, 0.4) is 0 Å². The van der Waals surface area contributed by atoms with Crippen molar-refractivity contribution in [2.24, 2.45) is 7.05 Å². The fourth-order valence-corrected chi connectivity index (χ4v) is 1.50. The maximum Gasteiger partial charge on any atom is 0.228 e. The molecule has 0 spiro atoms.